The number of urea groups is 1. The van der Waals surface area contributed by atoms with Crippen LogP contribution in [0.25, 0.3) is 0 Å². The molecular formula is C18H23N3O5. The Kier molecular flexibility index (Phi) is 5.97. The SMILES string of the molecule is COc1cccc(CN(C)C(=O)CN2C(=O)C(=O)N(CC(C)C)C2=O)c1. The predicted octanol–water partition coefficient (Wildman–Crippen LogP) is 1.10. The van der Waals surface area contributed by atoms with Gasteiger partial charge >= 0.3 is 17.8 Å². The molecular weight excluding hydrogens is 338 g/mol. The zero-order chi connectivity index (χ0) is 19.4. The van der Waals surface area contributed by atoms with Gasteiger partial charge in [-0.15, -0.1) is 0 Å². The van der Waals surface area contributed by atoms with Crippen LogP contribution in [0.2, 0.25) is 0 Å². The summed E-state index contributed by atoms with van der Waals surface area (Å²) in [6.07, 6.45) is 0. The number of benzene rings is 1. The van der Waals surface area contributed by atoms with Crippen LogP contribution in [0.1, 0.15) is 19.4 Å². The molecule has 8 heteroatoms. The van der Waals surface area contributed by atoms with E-state index in [9.17, 15) is 19.2 Å². The van der Waals surface area contributed by atoms with Gasteiger partial charge in [0.15, 0.2) is 0 Å². The largest absolute Gasteiger partial charge is 0.497 e. The van der Waals surface area contributed by atoms with E-state index in [4.69, 9.17) is 4.74 Å². The number of likely N-dealkylation sites (N-methyl/N-ethyl adjacent to an activating group) is 1. The maximum absolute atomic E-state index is 12.4. The van der Waals surface area contributed by atoms with Gasteiger partial charge in [0.2, 0.25) is 5.91 Å². The summed E-state index contributed by atoms with van der Waals surface area (Å²) in [4.78, 5) is 51.7. The summed E-state index contributed by atoms with van der Waals surface area (Å²) in [5.74, 6) is -1.58. The summed E-state index contributed by atoms with van der Waals surface area (Å²) in [5.41, 5.74) is 0.844. The number of rotatable bonds is 7. The van der Waals surface area contributed by atoms with E-state index in [0.29, 0.717) is 10.6 Å². The van der Waals surface area contributed by atoms with E-state index in [1.54, 1.807) is 26.3 Å². The minimum Gasteiger partial charge on any atom is -0.497 e. The van der Waals surface area contributed by atoms with Crippen molar-refractivity contribution in [2.45, 2.75) is 20.4 Å². The first-order chi connectivity index (χ1) is 12.2. The number of carbonyl (C=O) groups excluding carboxylic acids is 4. The molecule has 140 valence electrons. The molecule has 1 aliphatic heterocycles. The normalized spacial score (nSPS) is 14.4. The summed E-state index contributed by atoms with van der Waals surface area (Å²) < 4.78 is 5.14. The summed E-state index contributed by atoms with van der Waals surface area (Å²) in [6, 6.07) is 6.50. The molecule has 0 spiro atoms. The zero-order valence-corrected chi connectivity index (χ0v) is 15.4. The van der Waals surface area contributed by atoms with Crippen LogP contribution in [-0.2, 0) is 20.9 Å². The number of methoxy groups -OCH3 is 1. The molecule has 2 rings (SSSR count). The molecule has 1 saturated heterocycles. The number of amides is 5. The van der Waals surface area contributed by atoms with E-state index in [1.807, 2.05) is 26.0 Å². The van der Waals surface area contributed by atoms with Gasteiger partial charge in [0.1, 0.15) is 12.3 Å². The van der Waals surface area contributed by atoms with Gasteiger partial charge < -0.3 is 9.64 Å². The van der Waals surface area contributed by atoms with E-state index in [1.165, 1.54) is 4.90 Å². The first-order valence-electron chi connectivity index (χ1n) is 8.28. The number of hydrogen-bond donors (Lipinski definition) is 0. The minimum absolute atomic E-state index is 0.0297. The topological polar surface area (TPSA) is 87.2 Å². The van der Waals surface area contributed by atoms with Crippen LogP contribution in [0.5, 0.6) is 5.75 Å². The van der Waals surface area contributed by atoms with Crippen LogP contribution in [0.4, 0.5) is 4.79 Å². The van der Waals surface area contributed by atoms with Crippen LogP contribution >= 0.6 is 0 Å². The lowest BCUT2D eigenvalue weighted by atomic mass is 10.2. The van der Waals surface area contributed by atoms with E-state index in [2.05, 4.69) is 0 Å². The Morgan fingerprint density at radius 1 is 1.15 bits per heavy atom. The fourth-order valence-electron chi connectivity index (χ4n) is 2.60. The maximum Gasteiger partial charge on any atom is 0.334 e. The Balaban J connectivity index is 2.02. The molecule has 0 unspecified atom stereocenters. The average Bonchev–Trinajstić information content (AvgIpc) is 2.79. The average molecular weight is 361 g/mol. The molecule has 0 aliphatic carbocycles. The van der Waals surface area contributed by atoms with E-state index in [-0.39, 0.29) is 19.0 Å². The molecule has 1 aromatic carbocycles. The third-order valence-electron chi connectivity index (χ3n) is 3.96. The highest BCUT2D eigenvalue weighted by molar-refractivity contribution is 6.45. The van der Waals surface area contributed by atoms with Crippen molar-refractivity contribution >= 4 is 23.8 Å². The molecule has 1 fully saturated rings. The van der Waals surface area contributed by atoms with Gasteiger partial charge in [0.25, 0.3) is 0 Å². The molecule has 0 atom stereocenters. The number of nitrogens with zero attached hydrogens (tertiary/aromatic N) is 3. The predicted molar refractivity (Wildman–Crippen MR) is 93.1 cm³/mol. The number of carbonyl (C=O) groups is 4. The van der Waals surface area contributed by atoms with Crippen LogP contribution in [0.3, 0.4) is 0 Å². The molecule has 0 N–H and O–H groups in total. The number of imide groups is 2. The lowest BCUT2D eigenvalue weighted by molar-refractivity contribution is -0.144. The second kappa shape index (κ2) is 7.99. The Morgan fingerprint density at radius 2 is 1.81 bits per heavy atom. The number of hydrogen-bond acceptors (Lipinski definition) is 5. The highest BCUT2D eigenvalue weighted by Crippen LogP contribution is 2.16. The minimum atomic E-state index is -0.959. The monoisotopic (exact) mass is 361 g/mol. The standard InChI is InChI=1S/C18H23N3O5/c1-12(2)9-20-16(23)17(24)21(18(20)25)11-15(22)19(3)10-13-6-5-7-14(8-13)26-4/h5-8,12H,9-11H2,1-4H3. The molecule has 0 saturated carbocycles. The van der Waals surface area contributed by atoms with E-state index in [0.717, 1.165) is 10.5 Å². The molecule has 1 heterocycles. The smallest absolute Gasteiger partial charge is 0.334 e. The molecule has 1 aliphatic rings. The van der Waals surface area contributed by atoms with Gasteiger partial charge in [0.05, 0.1) is 7.11 Å². The summed E-state index contributed by atoms with van der Waals surface area (Å²) in [7, 11) is 3.12. The lowest BCUT2D eigenvalue weighted by Gasteiger charge is -2.21. The molecule has 0 aromatic heterocycles. The fraction of sp³-hybridized carbons (Fsp3) is 0.444. The van der Waals surface area contributed by atoms with Gasteiger partial charge in [-0.1, -0.05) is 26.0 Å². The van der Waals surface area contributed by atoms with Gasteiger partial charge in [-0.05, 0) is 23.6 Å². The maximum atomic E-state index is 12.4. The first kappa shape index (κ1) is 19.4. The second-order valence-corrected chi connectivity index (χ2v) is 6.58. The fourth-order valence-corrected chi connectivity index (χ4v) is 2.60. The van der Waals surface area contributed by atoms with Crippen molar-refractivity contribution in [3.8, 4) is 5.75 Å². The van der Waals surface area contributed by atoms with Crippen molar-refractivity contribution in [3.63, 3.8) is 0 Å². The van der Waals surface area contributed by atoms with Crippen molar-refractivity contribution in [3.05, 3.63) is 29.8 Å². The van der Waals surface area contributed by atoms with Crippen molar-refractivity contribution in [1.82, 2.24) is 14.7 Å². The third kappa shape index (κ3) is 4.19. The second-order valence-electron chi connectivity index (χ2n) is 6.58. The van der Waals surface area contributed by atoms with Gasteiger partial charge in [-0.2, -0.15) is 0 Å². The Bertz CT molecular complexity index is 731. The zero-order valence-electron chi connectivity index (χ0n) is 15.4. The molecule has 8 nitrogen and oxygen atoms in total. The van der Waals surface area contributed by atoms with Crippen molar-refractivity contribution in [1.29, 1.82) is 0 Å². The highest BCUT2D eigenvalue weighted by Gasteiger charge is 2.45. The summed E-state index contributed by atoms with van der Waals surface area (Å²) in [5, 5.41) is 0. The van der Waals surface area contributed by atoms with Gasteiger partial charge in [-0.3, -0.25) is 19.3 Å². The Labute approximate surface area is 152 Å². The molecule has 0 bridgehead atoms. The lowest BCUT2D eigenvalue weighted by Crippen LogP contribution is -2.42. The third-order valence-corrected chi connectivity index (χ3v) is 3.96. The van der Waals surface area contributed by atoms with E-state index < -0.39 is 30.3 Å². The summed E-state index contributed by atoms with van der Waals surface area (Å²) in [6.45, 7) is 3.64. The van der Waals surface area contributed by atoms with Crippen molar-refractivity contribution in [2.75, 3.05) is 27.2 Å². The Morgan fingerprint density at radius 3 is 2.42 bits per heavy atom. The van der Waals surface area contributed by atoms with Crippen molar-refractivity contribution < 1.29 is 23.9 Å². The van der Waals surface area contributed by atoms with Crippen molar-refractivity contribution in [2.24, 2.45) is 5.92 Å². The molecule has 1 aromatic rings. The quantitative estimate of drug-likeness (QED) is 0.536. The van der Waals surface area contributed by atoms with Crippen LogP contribution in [0, 0.1) is 5.92 Å². The van der Waals surface area contributed by atoms with Gasteiger partial charge in [-0.25, -0.2) is 9.69 Å². The van der Waals surface area contributed by atoms with E-state index >= 15 is 0 Å². The molecule has 26 heavy (non-hydrogen) atoms. The first-order valence-corrected chi connectivity index (χ1v) is 8.28. The van der Waals surface area contributed by atoms with Gasteiger partial charge in [0, 0.05) is 20.1 Å². The van der Waals surface area contributed by atoms with Crippen LogP contribution in [0.15, 0.2) is 24.3 Å². The van der Waals surface area contributed by atoms with Crippen LogP contribution in [-0.4, -0.2) is 65.7 Å². The number of ether oxygens (including phenoxy) is 1. The molecule has 5 amide bonds. The Hall–Kier alpha value is -2.90. The summed E-state index contributed by atoms with van der Waals surface area (Å²) >= 11 is 0. The van der Waals surface area contributed by atoms with Crippen LogP contribution < -0.4 is 4.74 Å². The highest BCUT2D eigenvalue weighted by atomic mass is 16.5. The molecule has 0 radical (unpaired) electrons.